The zero-order valence-electron chi connectivity index (χ0n) is 9.74. The fourth-order valence-corrected chi connectivity index (χ4v) is 1.47. The Morgan fingerprint density at radius 2 is 2.18 bits per heavy atom. The van der Waals surface area contributed by atoms with Crippen molar-refractivity contribution in [2.75, 3.05) is 11.9 Å². The average Bonchev–Trinajstić information content (AvgIpc) is 2.36. The number of anilines is 1. The molecule has 1 N–H and O–H groups in total. The highest BCUT2D eigenvalue weighted by Crippen LogP contribution is 2.19. The summed E-state index contributed by atoms with van der Waals surface area (Å²) in [6.45, 7) is 4.12. The smallest absolute Gasteiger partial charge is 0.186 e. The first-order valence-corrected chi connectivity index (χ1v) is 5.40. The topological polar surface area (TPSA) is 50.7 Å². The van der Waals surface area contributed by atoms with E-state index in [1.807, 2.05) is 13.0 Å². The monoisotopic (exact) mass is 232 g/mol. The zero-order chi connectivity index (χ0) is 12.3. The number of aryl methyl sites for hydroxylation is 1. The van der Waals surface area contributed by atoms with E-state index in [0.29, 0.717) is 18.1 Å². The number of hydrogen-bond acceptors (Lipinski definition) is 4. The molecule has 0 unspecified atom stereocenters. The molecule has 0 bridgehead atoms. The number of halogens is 1. The van der Waals surface area contributed by atoms with E-state index >= 15 is 0 Å². The van der Waals surface area contributed by atoms with Crippen LogP contribution in [0.15, 0.2) is 24.5 Å². The van der Waals surface area contributed by atoms with Crippen LogP contribution in [0.1, 0.15) is 12.6 Å². The lowest BCUT2D eigenvalue weighted by Gasteiger charge is -2.08. The van der Waals surface area contributed by atoms with E-state index in [9.17, 15) is 4.39 Å². The molecule has 2 aromatic heterocycles. The van der Waals surface area contributed by atoms with Gasteiger partial charge < -0.3 is 5.32 Å². The lowest BCUT2D eigenvalue weighted by Crippen LogP contribution is -2.06. The standard InChI is InChI=1S/C12H13FN4/c1-3-15-12-10(13)8(2)16-11(17-12)9-5-4-6-14-7-9/h4-7H,3H2,1-2H3,(H,15,16,17). The van der Waals surface area contributed by atoms with Gasteiger partial charge in [-0.25, -0.2) is 14.4 Å². The van der Waals surface area contributed by atoms with Crippen molar-refractivity contribution >= 4 is 5.82 Å². The minimum atomic E-state index is -0.403. The van der Waals surface area contributed by atoms with Gasteiger partial charge >= 0.3 is 0 Å². The second-order valence-corrected chi connectivity index (χ2v) is 3.57. The van der Waals surface area contributed by atoms with Crippen molar-refractivity contribution in [3.05, 3.63) is 36.0 Å². The van der Waals surface area contributed by atoms with Gasteiger partial charge in [-0.05, 0) is 26.0 Å². The molecule has 0 amide bonds. The third kappa shape index (κ3) is 2.38. The molecule has 0 aliphatic heterocycles. The van der Waals surface area contributed by atoms with Crippen molar-refractivity contribution < 1.29 is 4.39 Å². The quantitative estimate of drug-likeness (QED) is 0.883. The van der Waals surface area contributed by atoms with Gasteiger partial charge in [0, 0.05) is 24.5 Å². The van der Waals surface area contributed by atoms with Crippen LogP contribution in [-0.2, 0) is 0 Å². The molecule has 0 spiro atoms. The lowest BCUT2D eigenvalue weighted by atomic mass is 10.2. The Hall–Kier alpha value is -2.04. The lowest BCUT2D eigenvalue weighted by molar-refractivity contribution is 0.606. The van der Waals surface area contributed by atoms with Crippen molar-refractivity contribution in [1.82, 2.24) is 15.0 Å². The number of aromatic nitrogens is 3. The van der Waals surface area contributed by atoms with Crippen LogP contribution in [0.4, 0.5) is 10.2 Å². The first-order chi connectivity index (χ1) is 8.22. The molecule has 0 aromatic carbocycles. The Bertz CT molecular complexity index is 513. The second kappa shape index (κ2) is 4.86. The molecule has 2 heterocycles. The number of nitrogens with one attached hydrogen (secondary N) is 1. The SMILES string of the molecule is CCNc1nc(-c2cccnc2)nc(C)c1F. The van der Waals surface area contributed by atoms with E-state index < -0.39 is 5.82 Å². The predicted molar refractivity (Wildman–Crippen MR) is 64.1 cm³/mol. The molecule has 2 aromatic rings. The Kier molecular flexibility index (Phi) is 3.27. The second-order valence-electron chi connectivity index (χ2n) is 3.57. The van der Waals surface area contributed by atoms with E-state index in [1.165, 1.54) is 0 Å². The summed E-state index contributed by atoms with van der Waals surface area (Å²) in [5.41, 5.74) is 1.10. The number of pyridine rings is 1. The molecule has 0 aliphatic rings. The number of nitrogens with zero attached hydrogens (tertiary/aromatic N) is 3. The summed E-state index contributed by atoms with van der Waals surface area (Å²) in [6.07, 6.45) is 3.33. The Labute approximate surface area is 99.0 Å². The van der Waals surface area contributed by atoms with Gasteiger partial charge in [0.2, 0.25) is 0 Å². The van der Waals surface area contributed by atoms with Gasteiger partial charge in [0.1, 0.15) is 0 Å². The minimum Gasteiger partial charge on any atom is -0.368 e. The van der Waals surface area contributed by atoms with Crippen LogP contribution in [0.25, 0.3) is 11.4 Å². The van der Waals surface area contributed by atoms with Gasteiger partial charge in [0.25, 0.3) is 0 Å². The van der Waals surface area contributed by atoms with Crippen molar-refractivity contribution in [2.45, 2.75) is 13.8 Å². The Morgan fingerprint density at radius 1 is 1.35 bits per heavy atom. The molecule has 0 atom stereocenters. The molecule has 0 saturated carbocycles. The summed E-state index contributed by atoms with van der Waals surface area (Å²) >= 11 is 0. The molecule has 5 heteroatoms. The van der Waals surface area contributed by atoms with Gasteiger partial charge in [-0.15, -0.1) is 0 Å². The van der Waals surface area contributed by atoms with Crippen LogP contribution < -0.4 is 5.32 Å². The van der Waals surface area contributed by atoms with Crippen LogP contribution in [-0.4, -0.2) is 21.5 Å². The van der Waals surface area contributed by atoms with Gasteiger partial charge in [-0.1, -0.05) is 0 Å². The third-order valence-corrected chi connectivity index (χ3v) is 2.28. The highest BCUT2D eigenvalue weighted by molar-refractivity contribution is 5.56. The van der Waals surface area contributed by atoms with E-state index in [1.54, 1.807) is 25.4 Å². The van der Waals surface area contributed by atoms with Crippen LogP contribution >= 0.6 is 0 Å². The first-order valence-electron chi connectivity index (χ1n) is 5.40. The van der Waals surface area contributed by atoms with Gasteiger partial charge in [0.15, 0.2) is 17.5 Å². The first kappa shape index (κ1) is 11.4. The maximum Gasteiger partial charge on any atom is 0.186 e. The maximum atomic E-state index is 13.7. The fourth-order valence-electron chi connectivity index (χ4n) is 1.47. The summed E-state index contributed by atoms with van der Waals surface area (Å²) in [5.74, 6) is 0.311. The largest absolute Gasteiger partial charge is 0.368 e. The molecular weight excluding hydrogens is 219 g/mol. The van der Waals surface area contributed by atoms with Gasteiger partial charge in [0.05, 0.1) is 5.69 Å². The Morgan fingerprint density at radius 3 is 2.82 bits per heavy atom. The summed E-state index contributed by atoms with van der Waals surface area (Å²) in [6, 6.07) is 3.64. The highest BCUT2D eigenvalue weighted by atomic mass is 19.1. The molecule has 88 valence electrons. The summed E-state index contributed by atoms with van der Waals surface area (Å²) in [7, 11) is 0. The van der Waals surface area contributed by atoms with Crippen LogP contribution in [0.2, 0.25) is 0 Å². The third-order valence-electron chi connectivity index (χ3n) is 2.28. The van der Waals surface area contributed by atoms with Gasteiger partial charge in [-0.3, -0.25) is 4.98 Å². The van der Waals surface area contributed by atoms with Crippen LogP contribution in [0.3, 0.4) is 0 Å². The zero-order valence-corrected chi connectivity index (χ0v) is 9.74. The molecule has 4 nitrogen and oxygen atoms in total. The summed E-state index contributed by atoms with van der Waals surface area (Å²) in [5, 5.41) is 2.88. The summed E-state index contributed by atoms with van der Waals surface area (Å²) < 4.78 is 13.7. The molecule has 2 rings (SSSR count). The molecule has 0 radical (unpaired) electrons. The molecule has 0 saturated heterocycles. The van der Waals surface area contributed by atoms with Crippen LogP contribution in [0.5, 0.6) is 0 Å². The molecule has 0 fully saturated rings. The molecular formula is C12H13FN4. The van der Waals surface area contributed by atoms with E-state index in [-0.39, 0.29) is 5.82 Å². The number of hydrogen-bond donors (Lipinski definition) is 1. The number of rotatable bonds is 3. The van der Waals surface area contributed by atoms with E-state index in [2.05, 4.69) is 20.3 Å². The molecule has 17 heavy (non-hydrogen) atoms. The van der Waals surface area contributed by atoms with Crippen LogP contribution in [0, 0.1) is 12.7 Å². The van der Waals surface area contributed by atoms with Crippen molar-refractivity contribution in [2.24, 2.45) is 0 Å². The van der Waals surface area contributed by atoms with E-state index in [0.717, 1.165) is 5.56 Å². The van der Waals surface area contributed by atoms with Crippen molar-refractivity contribution in [1.29, 1.82) is 0 Å². The highest BCUT2D eigenvalue weighted by Gasteiger charge is 2.11. The minimum absolute atomic E-state index is 0.235. The molecule has 0 aliphatic carbocycles. The Balaban J connectivity index is 2.49. The van der Waals surface area contributed by atoms with E-state index in [4.69, 9.17) is 0 Å². The average molecular weight is 232 g/mol. The maximum absolute atomic E-state index is 13.7. The van der Waals surface area contributed by atoms with Crippen molar-refractivity contribution in [3.8, 4) is 11.4 Å². The summed E-state index contributed by atoms with van der Waals surface area (Å²) in [4.78, 5) is 12.3. The van der Waals surface area contributed by atoms with Crippen molar-refractivity contribution in [3.63, 3.8) is 0 Å². The fraction of sp³-hybridized carbons (Fsp3) is 0.250. The van der Waals surface area contributed by atoms with Gasteiger partial charge in [-0.2, -0.15) is 0 Å². The predicted octanol–water partition coefficient (Wildman–Crippen LogP) is 2.42. The normalized spacial score (nSPS) is 10.3.